The summed E-state index contributed by atoms with van der Waals surface area (Å²) in [5, 5.41) is 2.38. The van der Waals surface area contributed by atoms with Crippen molar-refractivity contribution in [1.82, 2.24) is 5.32 Å². The molecule has 2 unspecified atom stereocenters. The van der Waals surface area contributed by atoms with E-state index < -0.39 is 17.7 Å². The van der Waals surface area contributed by atoms with Crippen molar-refractivity contribution in [1.29, 1.82) is 0 Å². The number of carbonyl (C=O) groups excluding carboxylic acids is 2. The lowest BCUT2D eigenvalue weighted by molar-refractivity contribution is -0.148. The molecule has 0 aromatic carbocycles. The monoisotopic (exact) mass is 317 g/mol. The first-order valence-electron chi connectivity index (χ1n) is 7.95. The van der Waals surface area contributed by atoms with Gasteiger partial charge in [0.25, 0.3) is 0 Å². The Bertz CT molecular complexity index is 338. The maximum Gasteiger partial charge on any atom is 0.408 e. The van der Waals surface area contributed by atoms with E-state index in [1.807, 2.05) is 13.8 Å². The number of carbonyl (C=O) groups is 2. The quantitative estimate of drug-likeness (QED) is 0.662. The summed E-state index contributed by atoms with van der Waals surface area (Å²) < 4.78 is 16.0. The predicted octanol–water partition coefficient (Wildman–Crippen LogP) is 3.04. The molecule has 0 aliphatic heterocycles. The van der Waals surface area contributed by atoms with Gasteiger partial charge < -0.3 is 19.5 Å². The first-order chi connectivity index (χ1) is 10.2. The summed E-state index contributed by atoms with van der Waals surface area (Å²) in [5.41, 5.74) is -0.591. The summed E-state index contributed by atoms with van der Waals surface area (Å²) in [4.78, 5) is 23.1. The van der Waals surface area contributed by atoms with Gasteiger partial charge in [0.1, 0.15) is 18.2 Å². The SMILES string of the molecule is CCCOC(CC)CC(C)OC(=O)CNC(=O)OC(C)(C)C. The lowest BCUT2D eigenvalue weighted by Gasteiger charge is -2.21. The molecule has 0 fully saturated rings. The Kier molecular flexibility index (Phi) is 9.81. The van der Waals surface area contributed by atoms with E-state index in [0.717, 1.165) is 12.8 Å². The summed E-state index contributed by atoms with van der Waals surface area (Å²) in [7, 11) is 0. The molecule has 0 saturated heterocycles. The van der Waals surface area contributed by atoms with Crippen LogP contribution in [0.1, 0.15) is 60.8 Å². The van der Waals surface area contributed by atoms with Gasteiger partial charge in [0.05, 0.1) is 6.10 Å². The van der Waals surface area contributed by atoms with Crippen molar-refractivity contribution in [2.45, 2.75) is 78.6 Å². The van der Waals surface area contributed by atoms with Gasteiger partial charge >= 0.3 is 12.1 Å². The lowest BCUT2D eigenvalue weighted by atomic mass is 10.1. The molecule has 0 saturated carbocycles. The van der Waals surface area contributed by atoms with Gasteiger partial charge in [-0.2, -0.15) is 0 Å². The molecular weight excluding hydrogens is 286 g/mol. The summed E-state index contributed by atoms with van der Waals surface area (Å²) in [6, 6.07) is 0. The Morgan fingerprint density at radius 3 is 2.32 bits per heavy atom. The number of rotatable bonds is 9. The fourth-order valence-electron chi connectivity index (χ4n) is 1.78. The van der Waals surface area contributed by atoms with Crippen molar-refractivity contribution in [3.63, 3.8) is 0 Å². The summed E-state index contributed by atoms with van der Waals surface area (Å²) in [6.07, 6.45) is 1.68. The number of ether oxygens (including phenoxy) is 3. The molecule has 1 amide bonds. The molecule has 1 N–H and O–H groups in total. The van der Waals surface area contributed by atoms with E-state index in [0.29, 0.717) is 13.0 Å². The summed E-state index contributed by atoms with van der Waals surface area (Å²) >= 11 is 0. The summed E-state index contributed by atoms with van der Waals surface area (Å²) in [6.45, 7) is 11.7. The molecule has 0 rings (SSSR count). The molecular formula is C16H31NO5. The fraction of sp³-hybridized carbons (Fsp3) is 0.875. The average Bonchev–Trinajstić information content (AvgIpc) is 2.39. The number of amides is 1. The maximum absolute atomic E-state index is 11.7. The highest BCUT2D eigenvalue weighted by Crippen LogP contribution is 2.10. The molecule has 6 nitrogen and oxygen atoms in total. The zero-order chi connectivity index (χ0) is 17.2. The van der Waals surface area contributed by atoms with Crippen LogP contribution in [0.4, 0.5) is 4.79 Å². The van der Waals surface area contributed by atoms with Crippen LogP contribution in [0, 0.1) is 0 Å². The predicted molar refractivity (Wildman–Crippen MR) is 84.7 cm³/mol. The Morgan fingerprint density at radius 1 is 1.18 bits per heavy atom. The van der Waals surface area contributed by atoms with Crippen molar-refractivity contribution in [3.8, 4) is 0 Å². The van der Waals surface area contributed by atoms with Crippen LogP contribution in [0.2, 0.25) is 0 Å². The van der Waals surface area contributed by atoms with Crippen molar-refractivity contribution >= 4 is 12.1 Å². The molecule has 0 aliphatic carbocycles. The zero-order valence-electron chi connectivity index (χ0n) is 14.7. The van der Waals surface area contributed by atoms with Crippen LogP contribution in [0.5, 0.6) is 0 Å². The van der Waals surface area contributed by atoms with Gasteiger partial charge in [-0.05, 0) is 40.5 Å². The molecule has 0 aromatic heterocycles. The van der Waals surface area contributed by atoms with Crippen molar-refractivity contribution < 1.29 is 23.8 Å². The number of alkyl carbamates (subject to hydrolysis) is 1. The van der Waals surface area contributed by atoms with Crippen LogP contribution in [0.25, 0.3) is 0 Å². The van der Waals surface area contributed by atoms with Crippen LogP contribution in [0.15, 0.2) is 0 Å². The smallest absolute Gasteiger partial charge is 0.408 e. The van der Waals surface area contributed by atoms with Crippen LogP contribution >= 0.6 is 0 Å². The number of nitrogens with one attached hydrogen (secondary N) is 1. The minimum atomic E-state index is -0.630. The van der Waals surface area contributed by atoms with Gasteiger partial charge in [-0.15, -0.1) is 0 Å². The molecule has 0 radical (unpaired) electrons. The first kappa shape index (κ1) is 20.7. The molecule has 0 heterocycles. The Hall–Kier alpha value is -1.30. The first-order valence-corrected chi connectivity index (χ1v) is 7.95. The topological polar surface area (TPSA) is 73.9 Å². The van der Waals surface area contributed by atoms with Gasteiger partial charge in [0.2, 0.25) is 0 Å². The Labute approximate surface area is 133 Å². The molecule has 2 atom stereocenters. The second kappa shape index (κ2) is 10.4. The van der Waals surface area contributed by atoms with E-state index in [-0.39, 0.29) is 18.8 Å². The van der Waals surface area contributed by atoms with Crippen molar-refractivity contribution in [2.75, 3.05) is 13.2 Å². The molecule has 130 valence electrons. The third kappa shape index (κ3) is 11.4. The Balaban J connectivity index is 4.02. The summed E-state index contributed by atoms with van der Waals surface area (Å²) in [5.74, 6) is -0.483. The van der Waals surface area contributed by atoms with Gasteiger partial charge in [-0.1, -0.05) is 13.8 Å². The van der Waals surface area contributed by atoms with Crippen LogP contribution in [-0.2, 0) is 19.0 Å². The molecule has 0 spiro atoms. The average molecular weight is 317 g/mol. The highest BCUT2D eigenvalue weighted by molar-refractivity contribution is 5.78. The van der Waals surface area contributed by atoms with E-state index >= 15 is 0 Å². The zero-order valence-corrected chi connectivity index (χ0v) is 14.7. The van der Waals surface area contributed by atoms with Gasteiger partial charge in [-0.3, -0.25) is 4.79 Å². The van der Waals surface area contributed by atoms with Crippen LogP contribution in [0.3, 0.4) is 0 Å². The Morgan fingerprint density at radius 2 is 1.82 bits per heavy atom. The minimum Gasteiger partial charge on any atom is -0.461 e. The largest absolute Gasteiger partial charge is 0.461 e. The van der Waals surface area contributed by atoms with E-state index in [1.165, 1.54) is 0 Å². The third-order valence-corrected chi connectivity index (χ3v) is 2.72. The van der Waals surface area contributed by atoms with Crippen molar-refractivity contribution in [3.05, 3.63) is 0 Å². The van der Waals surface area contributed by atoms with E-state index in [1.54, 1.807) is 20.8 Å². The van der Waals surface area contributed by atoms with Gasteiger partial charge in [-0.25, -0.2) is 4.79 Å². The maximum atomic E-state index is 11.7. The molecule has 22 heavy (non-hydrogen) atoms. The normalized spacial score (nSPS) is 14.1. The fourth-order valence-corrected chi connectivity index (χ4v) is 1.78. The highest BCUT2D eigenvalue weighted by atomic mass is 16.6. The van der Waals surface area contributed by atoms with Gasteiger partial charge in [0.15, 0.2) is 0 Å². The van der Waals surface area contributed by atoms with E-state index in [9.17, 15) is 9.59 Å². The molecule has 6 heteroatoms. The van der Waals surface area contributed by atoms with Crippen LogP contribution in [-0.4, -0.2) is 43.0 Å². The third-order valence-electron chi connectivity index (χ3n) is 2.72. The molecule has 0 aromatic rings. The van der Waals surface area contributed by atoms with Crippen LogP contribution < -0.4 is 5.32 Å². The van der Waals surface area contributed by atoms with E-state index in [4.69, 9.17) is 14.2 Å². The number of hydrogen-bond acceptors (Lipinski definition) is 5. The minimum absolute atomic E-state index is 0.0848. The van der Waals surface area contributed by atoms with E-state index in [2.05, 4.69) is 12.2 Å². The molecule has 0 bridgehead atoms. The second-order valence-electron chi connectivity index (χ2n) is 6.29. The van der Waals surface area contributed by atoms with Gasteiger partial charge in [0, 0.05) is 13.0 Å². The standard InChI is InChI=1S/C16H31NO5/c1-7-9-20-13(8-2)10-12(3)21-14(18)11-17-15(19)22-16(4,5)6/h12-13H,7-11H2,1-6H3,(H,17,19). The number of hydrogen-bond donors (Lipinski definition) is 1. The molecule has 0 aliphatic rings. The highest BCUT2D eigenvalue weighted by Gasteiger charge is 2.19. The lowest BCUT2D eigenvalue weighted by Crippen LogP contribution is -2.37. The van der Waals surface area contributed by atoms with Crippen molar-refractivity contribution in [2.24, 2.45) is 0 Å². The second-order valence-corrected chi connectivity index (χ2v) is 6.29. The number of esters is 1.